The van der Waals surface area contributed by atoms with Gasteiger partial charge in [-0.05, 0) is 31.0 Å². The molecule has 0 saturated heterocycles. The van der Waals surface area contributed by atoms with E-state index in [1.165, 1.54) is 12.7 Å². The minimum absolute atomic E-state index is 0.0589. The van der Waals surface area contributed by atoms with Crippen molar-refractivity contribution in [2.75, 3.05) is 12.4 Å². The number of phenolic OH excluding ortho intramolecular Hbond substituents is 1. The fourth-order valence-electron chi connectivity index (χ4n) is 3.32. The van der Waals surface area contributed by atoms with Gasteiger partial charge in [0, 0.05) is 16.8 Å². The van der Waals surface area contributed by atoms with E-state index in [1.807, 2.05) is 12.1 Å². The molecule has 0 unspecified atom stereocenters. The molecule has 0 aliphatic carbocycles. The van der Waals surface area contributed by atoms with Crippen LogP contribution in [0.2, 0.25) is 5.02 Å². The predicted octanol–water partition coefficient (Wildman–Crippen LogP) is 5.21. The number of phenols is 1. The first kappa shape index (κ1) is 16.9. The van der Waals surface area contributed by atoms with E-state index in [0.717, 1.165) is 24.1 Å². The molecule has 0 spiro atoms. The molecule has 2 N–H and O–H groups in total. The van der Waals surface area contributed by atoms with Crippen LogP contribution < -0.4 is 10.1 Å². The highest BCUT2D eigenvalue weighted by molar-refractivity contribution is 6.32. The van der Waals surface area contributed by atoms with Crippen molar-refractivity contribution in [3.05, 3.63) is 52.5 Å². The van der Waals surface area contributed by atoms with Gasteiger partial charge < -0.3 is 19.9 Å². The van der Waals surface area contributed by atoms with Crippen molar-refractivity contribution in [2.24, 2.45) is 0 Å². The number of para-hydroxylation sites is 1. The Balaban J connectivity index is 2.07. The van der Waals surface area contributed by atoms with Gasteiger partial charge >= 0.3 is 0 Å². The smallest absolute Gasteiger partial charge is 0.176 e. The Morgan fingerprint density at radius 2 is 1.96 bits per heavy atom. The zero-order valence-corrected chi connectivity index (χ0v) is 14.9. The predicted molar refractivity (Wildman–Crippen MR) is 95.8 cm³/mol. The first-order chi connectivity index (χ1) is 11.5. The molecule has 0 radical (unpaired) electrons. The van der Waals surface area contributed by atoms with Gasteiger partial charge in [-0.25, -0.2) is 0 Å². The molecule has 1 aliphatic heterocycles. The zero-order chi connectivity index (χ0) is 17.3. The normalized spacial score (nSPS) is 18.6. The summed E-state index contributed by atoms with van der Waals surface area (Å²) in [5, 5.41) is 13.6. The van der Waals surface area contributed by atoms with Crippen LogP contribution in [0.3, 0.4) is 0 Å². The van der Waals surface area contributed by atoms with Gasteiger partial charge in [-0.3, -0.25) is 0 Å². The van der Waals surface area contributed by atoms with Crippen LogP contribution in [0.15, 0.2) is 36.4 Å². The second kappa shape index (κ2) is 6.54. The molecule has 0 saturated carbocycles. The van der Waals surface area contributed by atoms with Gasteiger partial charge in [-0.1, -0.05) is 43.6 Å². The summed E-state index contributed by atoms with van der Waals surface area (Å²) in [5.41, 5.74) is 2.68. The van der Waals surface area contributed by atoms with E-state index in [4.69, 9.17) is 21.1 Å². The van der Waals surface area contributed by atoms with Crippen molar-refractivity contribution in [1.82, 2.24) is 0 Å². The van der Waals surface area contributed by atoms with E-state index in [-0.39, 0.29) is 22.6 Å². The maximum Gasteiger partial charge on any atom is 0.176 e. The highest BCUT2D eigenvalue weighted by Crippen LogP contribution is 2.47. The third kappa shape index (κ3) is 2.70. The molecule has 128 valence electrons. The highest BCUT2D eigenvalue weighted by atomic mass is 35.5. The SMILES string of the molecule is CCC1(CC)O[C@H](c2cc(Cl)c(O)c(OC)c2)Nc2ccccc21. The third-order valence-electron chi connectivity index (χ3n) is 4.76. The van der Waals surface area contributed by atoms with Crippen LogP contribution >= 0.6 is 11.6 Å². The molecule has 0 aromatic heterocycles. The lowest BCUT2D eigenvalue weighted by Crippen LogP contribution is -2.37. The van der Waals surface area contributed by atoms with Crippen LogP contribution in [-0.2, 0) is 10.3 Å². The Morgan fingerprint density at radius 1 is 1.25 bits per heavy atom. The van der Waals surface area contributed by atoms with Gasteiger partial charge in [-0.2, -0.15) is 0 Å². The summed E-state index contributed by atoms with van der Waals surface area (Å²) in [7, 11) is 1.50. The maximum atomic E-state index is 9.95. The zero-order valence-electron chi connectivity index (χ0n) is 14.1. The number of aromatic hydroxyl groups is 1. The van der Waals surface area contributed by atoms with E-state index >= 15 is 0 Å². The quantitative estimate of drug-likeness (QED) is 0.797. The fourth-order valence-corrected chi connectivity index (χ4v) is 3.53. The topological polar surface area (TPSA) is 50.7 Å². The molecule has 3 rings (SSSR count). The van der Waals surface area contributed by atoms with Crippen LogP contribution in [0.1, 0.15) is 44.0 Å². The number of nitrogens with one attached hydrogen (secondary N) is 1. The van der Waals surface area contributed by atoms with Crippen LogP contribution in [0.5, 0.6) is 11.5 Å². The van der Waals surface area contributed by atoms with Gasteiger partial charge in [0.25, 0.3) is 0 Å². The molecule has 4 nitrogen and oxygen atoms in total. The fraction of sp³-hybridized carbons (Fsp3) is 0.368. The summed E-state index contributed by atoms with van der Waals surface area (Å²) in [4.78, 5) is 0. The maximum absolute atomic E-state index is 9.95. The number of halogens is 1. The molecule has 2 aromatic rings. The Hall–Kier alpha value is -1.91. The van der Waals surface area contributed by atoms with E-state index in [0.29, 0.717) is 5.75 Å². The average molecular weight is 348 g/mol. The molecule has 0 bridgehead atoms. The minimum atomic E-state index is -0.369. The number of methoxy groups -OCH3 is 1. The van der Waals surface area contributed by atoms with E-state index in [9.17, 15) is 5.11 Å². The lowest BCUT2D eigenvalue weighted by molar-refractivity contribution is -0.103. The molecular formula is C19H22ClNO3. The molecule has 1 aliphatic rings. The number of ether oxygens (including phenoxy) is 2. The van der Waals surface area contributed by atoms with Gasteiger partial charge in [0.15, 0.2) is 17.7 Å². The lowest BCUT2D eigenvalue weighted by Gasteiger charge is -2.43. The Bertz CT molecular complexity index is 743. The molecule has 5 heteroatoms. The summed E-state index contributed by atoms with van der Waals surface area (Å²) in [6.07, 6.45) is 1.36. The molecule has 2 aromatic carbocycles. The molecule has 0 amide bonds. The molecule has 1 atom stereocenters. The minimum Gasteiger partial charge on any atom is -0.503 e. The van der Waals surface area contributed by atoms with E-state index in [2.05, 4.69) is 31.3 Å². The molecule has 0 fully saturated rings. The summed E-state index contributed by atoms with van der Waals surface area (Å²) in [6.45, 7) is 4.26. The number of anilines is 1. The van der Waals surface area contributed by atoms with Crippen LogP contribution in [0, 0.1) is 0 Å². The molecular weight excluding hydrogens is 326 g/mol. The number of hydrogen-bond acceptors (Lipinski definition) is 4. The first-order valence-electron chi connectivity index (χ1n) is 8.15. The van der Waals surface area contributed by atoms with Crippen molar-refractivity contribution >= 4 is 17.3 Å². The van der Waals surface area contributed by atoms with E-state index in [1.54, 1.807) is 12.1 Å². The van der Waals surface area contributed by atoms with Gasteiger partial charge in [-0.15, -0.1) is 0 Å². The van der Waals surface area contributed by atoms with Crippen LogP contribution in [0.25, 0.3) is 0 Å². The third-order valence-corrected chi connectivity index (χ3v) is 5.05. The van der Waals surface area contributed by atoms with Gasteiger partial charge in [0.05, 0.1) is 17.7 Å². The average Bonchev–Trinajstić information content (AvgIpc) is 2.62. The summed E-state index contributed by atoms with van der Waals surface area (Å²) < 4.78 is 11.7. The van der Waals surface area contributed by atoms with Crippen molar-refractivity contribution in [3.8, 4) is 11.5 Å². The van der Waals surface area contributed by atoms with Crippen molar-refractivity contribution in [3.63, 3.8) is 0 Å². The van der Waals surface area contributed by atoms with Crippen LogP contribution in [0.4, 0.5) is 5.69 Å². The second-order valence-electron chi connectivity index (χ2n) is 5.94. The Morgan fingerprint density at radius 3 is 2.62 bits per heavy atom. The van der Waals surface area contributed by atoms with Crippen molar-refractivity contribution < 1.29 is 14.6 Å². The summed E-state index contributed by atoms with van der Waals surface area (Å²) >= 11 is 6.14. The standard InChI is InChI=1S/C19H22ClNO3/c1-4-19(5-2)13-8-6-7-9-15(13)21-18(24-19)12-10-14(20)17(22)16(11-12)23-3/h6-11,18,21-22H,4-5H2,1-3H3/t18-/m1/s1. The highest BCUT2D eigenvalue weighted by Gasteiger charge is 2.39. The van der Waals surface area contributed by atoms with Crippen molar-refractivity contribution in [1.29, 1.82) is 0 Å². The second-order valence-corrected chi connectivity index (χ2v) is 6.35. The summed E-state index contributed by atoms with van der Waals surface area (Å²) in [6, 6.07) is 11.7. The molecule has 1 heterocycles. The van der Waals surface area contributed by atoms with Gasteiger partial charge in [0.1, 0.15) is 0 Å². The monoisotopic (exact) mass is 347 g/mol. The Labute approximate surface area is 147 Å². The number of hydrogen-bond donors (Lipinski definition) is 2. The molecule has 24 heavy (non-hydrogen) atoms. The van der Waals surface area contributed by atoms with E-state index < -0.39 is 0 Å². The first-order valence-corrected chi connectivity index (χ1v) is 8.52. The summed E-state index contributed by atoms with van der Waals surface area (Å²) in [5.74, 6) is 0.275. The number of benzene rings is 2. The van der Waals surface area contributed by atoms with Crippen molar-refractivity contribution in [2.45, 2.75) is 38.5 Å². The number of fused-ring (bicyclic) bond motifs is 1. The van der Waals surface area contributed by atoms with Gasteiger partial charge in [0.2, 0.25) is 0 Å². The largest absolute Gasteiger partial charge is 0.503 e. The van der Waals surface area contributed by atoms with Crippen LogP contribution in [-0.4, -0.2) is 12.2 Å². The number of rotatable bonds is 4. The Kier molecular flexibility index (Phi) is 4.61. The lowest BCUT2D eigenvalue weighted by atomic mass is 9.85.